The van der Waals surface area contributed by atoms with E-state index in [2.05, 4.69) is 24.9 Å². The van der Waals surface area contributed by atoms with Crippen molar-refractivity contribution < 1.29 is 36.0 Å². The number of alkyl halides is 3. The summed E-state index contributed by atoms with van der Waals surface area (Å²) < 4.78 is 77.6. The predicted octanol–water partition coefficient (Wildman–Crippen LogP) is 6.25. The van der Waals surface area contributed by atoms with Gasteiger partial charge in [0.1, 0.15) is 11.9 Å². The number of nitrogen functional groups attached to an aromatic ring is 1. The molecule has 47 heavy (non-hydrogen) atoms. The number of nitrogens with two attached hydrogens (primary N) is 1. The molecule has 3 aromatic heterocycles. The molecule has 250 valence electrons. The number of hydrogen-bond donors (Lipinski definition) is 2. The minimum Gasteiger partial charge on any atom is -0.481 e. The van der Waals surface area contributed by atoms with Gasteiger partial charge in [0, 0.05) is 0 Å². The van der Waals surface area contributed by atoms with Crippen LogP contribution < -0.4 is 19.9 Å². The van der Waals surface area contributed by atoms with Crippen molar-refractivity contribution in [2.75, 3.05) is 24.7 Å². The fraction of sp³-hybridized carbons (Fsp3) is 0.167. The SMILES string of the molecule is COc1cc(OC)n2nc(S(=O)(=O)Nc3c(Cl)ccc(C)c3Cl)nc2n1.Nc1c([N+](=O)[O-])cnn1-c1c(Cl)cc(C(F)(F)F)cc1Cl. The fourth-order valence-electron chi connectivity index (χ4n) is 3.70. The van der Waals surface area contributed by atoms with E-state index >= 15 is 0 Å². The largest absolute Gasteiger partial charge is 0.481 e. The van der Waals surface area contributed by atoms with Crippen LogP contribution >= 0.6 is 46.4 Å². The van der Waals surface area contributed by atoms with Gasteiger partial charge in [-0.05, 0) is 30.7 Å². The van der Waals surface area contributed by atoms with Crippen LogP contribution in [-0.2, 0) is 16.2 Å². The zero-order chi connectivity index (χ0) is 35.0. The third-order valence-electron chi connectivity index (χ3n) is 5.95. The molecule has 3 heterocycles. The van der Waals surface area contributed by atoms with Gasteiger partial charge in [-0.3, -0.25) is 14.8 Å². The molecule has 3 N–H and O–H groups in total. The van der Waals surface area contributed by atoms with E-state index in [0.717, 1.165) is 15.4 Å². The van der Waals surface area contributed by atoms with Crippen molar-refractivity contribution in [3.05, 3.63) is 77.9 Å². The van der Waals surface area contributed by atoms with Crippen LogP contribution in [0.25, 0.3) is 11.5 Å². The van der Waals surface area contributed by atoms with Crippen molar-refractivity contribution in [2.24, 2.45) is 0 Å². The lowest BCUT2D eigenvalue weighted by atomic mass is 10.2. The molecule has 0 fully saturated rings. The number of nitro groups is 1. The molecule has 15 nitrogen and oxygen atoms in total. The number of sulfonamides is 1. The lowest BCUT2D eigenvalue weighted by Crippen LogP contribution is -2.15. The van der Waals surface area contributed by atoms with Crippen molar-refractivity contribution in [1.82, 2.24) is 29.4 Å². The van der Waals surface area contributed by atoms with Gasteiger partial charge in [-0.1, -0.05) is 52.5 Å². The summed E-state index contributed by atoms with van der Waals surface area (Å²) in [5.74, 6) is -0.0116. The van der Waals surface area contributed by atoms with Crippen molar-refractivity contribution in [3.63, 3.8) is 0 Å². The molecule has 0 aliphatic rings. The maximum absolute atomic E-state index is 12.7. The first-order chi connectivity index (χ1) is 21.9. The first-order valence-electron chi connectivity index (χ1n) is 12.3. The van der Waals surface area contributed by atoms with Gasteiger partial charge >= 0.3 is 11.9 Å². The zero-order valence-electron chi connectivity index (χ0n) is 23.7. The number of aromatic nitrogens is 6. The Balaban J connectivity index is 0.000000218. The molecular formula is C24H18Cl4F3N9O6S. The lowest BCUT2D eigenvalue weighted by Gasteiger charge is -2.12. The van der Waals surface area contributed by atoms with Crippen LogP contribution in [0.1, 0.15) is 11.1 Å². The number of fused-ring (bicyclic) bond motifs is 1. The molecule has 5 aromatic rings. The van der Waals surface area contributed by atoms with Gasteiger partial charge in [0.15, 0.2) is 0 Å². The molecule has 0 spiro atoms. The number of hydrogen-bond acceptors (Lipinski definition) is 11. The molecular weight excluding hydrogens is 741 g/mol. The van der Waals surface area contributed by atoms with Crippen LogP contribution in [0.15, 0.2) is 41.7 Å². The highest BCUT2D eigenvalue weighted by molar-refractivity contribution is 7.92. The predicted molar refractivity (Wildman–Crippen MR) is 166 cm³/mol. The maximum atomic E-state index is 12.7. The number of halogens is 7. The lowest BCUT2D eigenvalue weighted by molar-refractivity contribution is -0.383. The Bertz CT molecular complexity index is 2100. The van der Waals surface area contributed by atoms with E-state index < -0.39 is 43.3 Å². The van der Waals surface area contributed by atoms with Crippen LogP contribution in [0.4, 0.5) is 30.4 Å². The summed E-state index contributed by atoms with van der Waals surface area (Å²) in [4.78, 5) is 17.9. The molecule has 0 aliphatic heterocycles. The number of nitrogens with one attached hydrogen (secondary N) is 1. The number of ether oxygens (including phenoxy) is 2. The average molecular weight is 759 g/mol. The normalized spacial score (nSPS) is 11.6. The van der Waals surface area contributed by atoms with Crippen molar-refractivity contribution in [2.45, 2.75) is 18.3 Å². The van der Waals surface area contributed by atoms with E-state index in [-0.39, 0.29) is 49.0 Å². The summed E-state index contributed by atoms with van der Waals surface area (Å²) in [6, 6.07) is 5.92. The molecule has 0 bridgehead atoms. The second-order valence-corrected chi connectivity index (χ2v) is 12.2. The second kappa shape index (κ2) is 13.4. The smallest absolute Gasteiger partial charge is 0.416 e. The first-order valence-corrected chi connectivity index (χ1v) is 15.3. The monoisotopic (exact) mass is 757 g/mol. The van der Waals surface area contributed by atoms with Crippen molar-refractivity contribution in [3.8, 4) is 17.4 Å². The molecule has 23 heteroatoms. The third kappa shape index (κ3) is 7.33. The van der Waals surface area contributed by atoms with E-state index in [4.69, 9.17) is 61.6 Å². The summed E-state index contributed by atoms with van der Waals surface area (Å²) in [7, 11) is -1.37. The van der Waals surface area contributed by atoms with Gasteiger partial charge in [-0.15, -0.1) is 5.10 Å². The van der Waals surface area contributed by atoms with E-state index in [0.29, 0.717) is 17.7 Å². The summed E-state index contributed by atoms with van der Waals surface area (Å²) in [6.45, 7) is 1.72. The standard InChI is InChI=1S/C14H13Cl2N5O4S.C10H5Cl2F3N4O2/c1-7-4-5-8(15)12(11(7)16)20-26(22,23)14-18-13-17-9(24-2)6-10(25-3)21(13)19-14;11-5-1-4(10(13,14)15)2-6(12)8(5)18-9(16)7(3-17-18)19(20)21/h4-6,20H,1-3H3;1-3H,16H2. The maximum Gasteiger partial charge on any atom is 0.416 e. The highest BCUT2D eigenvalue weighted by Crippen LogP contribution is 2.39. The molecule has 0 atom stereocenters. The van der Waals surface area contributed by atoms with Crippen molar-refractivity contribution >= 4 is 79.4 Å². The minimum absolute atomic E-state index is 0.0111. The van der Waals surface area contributed by atoms with E-state index in [1.165, 1.54) is 26.4 Å². The highest BCUT2D eigenvalue weighted by atomic mass is 35.5. The third-order valence-corrected chi connectivity index (χ3v) is 8.46. The second-order valence-electron chi connectivity index (χ2n) is 8.98. The van der Waals surface area contributed by atoms with Gasteiger partial charge in [0.25, 0.3) is 21.0 Å². The summed E-state index contributed by atoms with van der Waals surface area (Å²) in [5, 5.41) is 17.3. The number of benzene rings is 2. The van der Waals surface area contributed by atoms with E-state index in [9.17, 15) is 31.7 Å². The first kappa shape index (κ1) is 35.6. The Morgan fingerprint density at radius 3 is 2.19 bits per heavy atom. The molecule has 0 radical (unpaired) electrons. The van der Waals surface area contributed by atoms with Crippen LogP contribution in [0.5, 0.6) is 11.8 Å². The molecule has 5 rings (SSSR count). The Morgan fingerprint density at radius 2 is 1.66 bits per heavy atom. The Hall–Kier alpha value is -4.30. The number of methoxy groups -OCH3 is 2. The van der Waals surface area contributed by atoms with Gasteiger partial charge < -0.3 is 15.2 Å². The molecule has 0 unspecified atom stereocenters. The highest BCUT2D eigenvalue weighted by Gasteiger charge is 2.33. The number of rotatable bonds is 7. The fourth-order valence-corrected chi connectivity index (χ4v) is 5.88. The Morgan fingerprint density at radius 1 is 1.02 bits per heavy atom. The van der Waals surface area contributed by atoms with Crippen LogP contribution in [0, 0.1) is 17.0 Å². The number of aryl methyl sites for hydroxylation is 1. The number of nitrogens with zero attached hydrogens (tertiary/aromatic N) is 7. The van der Waals surface area contributed by atoms with Gasteiger partial charge in [-0.25, -0.2) is 4.68 Å². The number of anilines is 2. The van der Waals surface area contributed by atoms with Crippen LogP contribution in [0.2, 0.25) is 20.1 Å². The molecule has 0 saturated carbocycles. The van der Waals surface area contributed by atoms with Gasteiger partial charge in [0.2, 0.25) is 17.6 Å². The Kier molecular flexibility index (Phi) is 10.2. The summed E-state index contributed by atoms with van der Waals surface area (Å²) >= 11 is 23.7. The Labute approximate surface area is 282 Å². The summed E-state index contributed by atoms with van der Waals surface area (Å²) in [6.07, 6.45) is -3.78. The topological polar surface area (TPSA) is 195 Å². The van der Waals surface area contributed by atoms with Crippen LogP contribution in [0.3, 0.4) is 0 Å². The molecule has 0 saturated heterocycles. The van der Waals surface area contributed by atoms with E-state index in [1.54, 1.807) is 13.0 Å². The van der Waals surface area contributed by atoms with Gasteiger partial charge in [-0.2, -0.15) is 41.2 Å². The van der Waals surface area contributed by atoms with Crippen molar-refractivity contribution in [1.29, 1.82) is 0 Å². The summed E-state index contributed by atoms with van der Waals surface area (Å²) in [5.41, 5.74) is 4.48. The van der Waals surface area contributed by atoms with Gasteiger partial charge in [0.05, 0.1) is 56.6 Å². The molecule has 2 aromatic carbocycles. The van der Waals surface area contributed by atoms with E-state index in [1.807, 2.05) is 0 Å². The quantitative estimate of drug-likeness (QED) is 0.141. The molecule has 0 aliphatic carbocycles. The van der Waals surface area contributed by atoms with Crippen LogP contribution in [-0.4, -0.2) is 56.9 Å². The zero-order valence-corrected chi connectivity index (χ0v) is 27.5. The molecule has 0 amide bonds. The minimum atomic E-state index is -4.63. The average Bonchev–Trinajstić information content (AvgIpc) is 3.61.